The molecule has 0 radical (unpaired) electrons. The smallest absolute Gasteiger partial charge is 0.336 e. The van der Waals surface area contributed by atoms with Crippen molar-refractivity contribution in [2.24, 2.45) is 0 Å². The van der Waals surface area contributed by atoms with Crippen molar-refractivity contribution in [2.75, 3.05) is 0 Å². The molecule has 1 heterocycles. The zero-order valence-electron chi connectivity index (χ0n) is 23.8. The molecule has 0 aromatic heterocycles. The van der Waals surface area contributed by atoms with Gasteiger partial charge < -0.3 is 14.6 Å². The van der Waals surface area contributed by atoms with E-state index in [1.165, 1.54) is 18.6 Å². The lowest BCUT2D eigenvalue weighted by molar-refractivity contribution is -0.114. The molecule has 2 aliphatic carbocycles. The Bertz CT molecular complexity index is 1530. The lowest BCUT2D eigenvalue weighted by atomic mass is 9.86. The lowest BCUT2D eigenvalue weighted by Crippen LogP contribution is -2.19. The van der Waals surface area contributed by atoms with Crippen LogP contribution in [0.5, 0.6) is 11.5 Å². The Labute approximate surface area is 251 Å². The molecule has 0 bridgehead atoms. The fraction of sp³-hybridized carbons (Fsp3) is 0.343. The fourth-order valence-corrected chi connectivity index (χ4v) is 6.21. The van der Waals surface area contributed by atoms with Crippen molar-refractivity contribution in [3.8, 4) is 11.5 Å². The highest BCUT2D eigenvalue weighted by Gasteiger charge is 2.32. The van der Waals surface area contributed by atoms with Crippen LogP contribution >= 0.6 is 11.6 Å². The predicted molar refractivity (Wildman–Crippen MR) is 162 cm³/mol. The van der Waals surface area contributed by atoms with Crippen LogP contribution in [0.4, 0.5) is 0 Å². The van der Waals surface area contributed by atoms with Crippen LogP contribution in [0.1, 0.15) is 99.9 Å². The third kappa shape index (κ3) is 6.50. The molecule has 0 amide bonds. The van der Waals surface area contributed by atoms with Crippen LogP contribution in [-0.2, 0) is 22.6 Å². The second-order valence-corrected chi connectivity index (χ2v) is 11.4. The van der Waals surface area contributed by atoms with Crippen LogP contribution in [0.2, 0.25) is 5.02 Å². The molecular weight excluding hydrogens is 552 g/mol. The summed E-state index contributed by atoms with van der Waals surface area (Å²) >= 11 is 6.97. The van der Waals surface area contributed by atoms with E-state index in [9.17, 15) is 19.5 Å². The van der Waals surface area contributed by atoms with Gasteiger partial charge in [-0.1, -0.05) is 73.3 Å². The van der Waals surface area contributed by atoms with Gasteiger partial charge in [0.1, 0.15) is 11.5 Å². The van der Waals surface area contributed by atoms with Crippen molar-refractivity contribution < 1.29 is 29.0 Å². The summed E-state index contributed by atoms with van der Waals surface area (Å²) in [5, 5.41) is 10.0. The minimum atomic E-state index is -1.16. The average Bonchev–Trinajstić information content (AvgIpc) is 3.01. The summed E-state index contributed by atoms with van der Waals surface area (Å²) < 4.78 is 12.6. The van der Waals surface area contributed by atoms with Crippen molar-refractivity contribution in [1.82, 2.24) is 0 Å². The van der Waals surface area contributed by atoms with Crippen molar-refractivity contribution in [1.29, 1.82) is 0 Å². The molecule has 0 spiro atoms. The van der Waals surface area contributed by atoms with Gasteiger partial charge in [-0.2, -0.15) is 0 Å². The number of carboxylic acid groups (broad SMARTS) is 1. The zero-order chi connectivity index (χ0) is 29.6. The predicted octanol–water partition coefficient (Wildman–Crippen LogP) is 8.42. The monoisotopic (exact) mass is 586 g/mol. The molecule has 0 atom stereocenters. The molecule has 218 valence electrons. The highest BCUT2D eigenvalue weighted by Crippen LogP contribution is 2.46. The minimum absolute atomic E-state index is 0.0555. The highest BCUT2D eigenvalue weighted by atomic mass is 35.5. The quantitative estimate of drug-likeness (QED) is 0.228. The van der Waals surface area contributed by atoms with E-state index < -0.39 is 11.8 Å². The summed E-state index contributed by atoms with van der Waals surface area (Å²) in [4.78, 5) is 36.1. The van der Waals surface area contributed by atoms with Gasteiger partial charge in [0.15, 0.2) is 11.6 Å². The van der Waals surface area contributed by atoms with Crippen LogP contribution in [0.15, 0.2) is 60.7 Å². The number of allylic oxidation sites excluding steroid dienone is 2. The van der Waals surface area contributed by atoms with Crippen LogP contribution in [0.25, 0.3) is 0 Å². The third-order valence-corrected chi connectivity index (χ3v) is 8.56. The van der Waals surface area contributed by atoms with E-state index in [4.69, 9.17) is 21.1 Å². The van der Waals surface area contributed by atoms with Gasteiger partial charge in [0.05, 0.1) is 23.3 Å². The maximum atomic E-state index is 13.9. The van der Waals surface area contributed by atoms with Gasteiger partial charge >= 0.3 is 5.97 Å². The number of ketones is 2. The van der Waals surface area contributed by atoms with E-state index in [1.807, 2.05) is 37.3 Å². The van der Waals surface area contributed by atoms with Crippen molar-refractivity contribution >= 4 is 29.1 Å². The first-order chi connectivity index (χ1) is 20.3. The number of aromatic carboxylic acids is 1. The molecule has 0 unspecified atom stereocenters. The third-order valence-electron chi connectivity index (χ3n) is 8.15. The van der Waals surface area contributed by atoms with Crippen LogP contribution in [0.3, 0.4) is 0 Å². The maximum Gasteiger partial charge on any atom is 0.336 e. The van der Waals surface area contributed by atoms with E-state index >= 15 is 0 Å². The number of halogens is 1. The summed E-state index contributed by atoms with van der Waals surface area (Å²) in [6.07, 6.45) is 12.7. The summed E-state index contributed by atoms with van der Waals surface area (Å²) in [6, 6.07) is 13.9. The Hall–Kier alpha value is -3.74. The van der Waals surface area contributed by atoms with Crippen LogP contribution in [-0.4, -0.2) is 28.7 Å². The van der Waals surface area contributed by atoms with Gasteiger partial charge in [0, 0.05) is 35.1 Å². The molecule has 1 N–H and O–H groups in total. The summed E-state index contributed by atoms with van der Waals surface area (Å²) in [5.41, 5.74) is 3.52. The van der Waals surface area contributed by atoms with Gasteiger partial charge in [-0.3, -0.25) is 9.59 Å². The van der Waals surface area contributed by atoms with Crippen LogP contribution < -0.4 is 4.74 Å². The Morgan fingerprint density at radius 3 is 2.38 bits per heavy atom. The normalized spacial score (nSPS) is 16.0. The minimum Gasteiger partial charge on any atom is -0.478 e. The van der Waals surface area contributed by atoms with E-state index in [-0.39, 0.29) is 35.2 Å². The number of hydrogen-bond donors (Lipinski definition) is 1. The number of hydrogen-bond acceptors (Lipinski definition) is 5. The first kappa shape index (κ1) is 29.7. The summed E-state index contributed by atoms with van der Waals surface area (Å²) in [7, 11) is 0. The topological polar surface area (TPSA) is 89.9 Å². The average molecular weight is 587 g/mol. The molecular formula is C35H35ClO6. The van der Waals surface area contributed by atoms with Crippen molar-refractivity contribution in [2.45, 2.75) is 77.4 Å². The first-order valence-corrected chi connectivity index (χ1v) is 15.0. The molecule has 6 nitrogen and oxygen atoms in total. The molecule has 1 fully saturated rings. The van der Waals surface area contributed by atoms with Gasteiger partial charge in [-0.15, -0.1) is 0 Å². The molecule has 3 aliphatic rings. The highest BCUT2D eigenvalue weighted by molar-refractivity contribution is 6.36. The second kappa shape index (κ2) is 13.5. The number of ether oxygens (including phenoxy) is 2. The van der Waals surface area contributed by atoms with Gasteiger partial charge in [-0.05, 0) is 61.9 Å². The molecule has 42 heavy (non-hydrogen) atoms. The largest absolute Gasteiger partial charge is 0.478 e. The van der Waals surface area contributed by atoms with Crippen molar-refractivity contribution in [3.63, 3.8) is 0 Å². The Kier molecular flexibility index (Phi) is 9.55. The Morgan fingerprint density at radius 2 is 1.71 bits per heavy atom. The van der Waals surface area contributed by atoms with Crippen LogP contribution in [0, 0.1) is 6.92 Å². The molecule has 7 heteroatoms. The summed E-state index contributed by atoms with van der Waals surface area (Å²) in [6.45, 7) is 2.21. The number of carbonyl (C=O) groups excluding carboxylic acids is 2. The molecule has 3 aromatic rings. The number of para-hydroxylation sites is 1. The lowest BCUT2D eigenvalue weighted by Gasteiger charge is -2.28. The van der Waals surface area contributed by atoms with Gasteiger partial charge in [-0.25, -0.2) is 4.79 Å². The van der Waals surface area contributed by atoms with Gasteiger partial charge in [0.25, 0.3) is 0 Å². The molecule has 1 saturated carbocycles. The van der Waals surface area contributed by atoms with Gasteiger partial charge in [0.2, 0.25) is 0 Å². The van der Waals surface area contributed by atoms with E-state index in [0.717, 1.165) is 61.8 Å². The molecule has 6 rings (SSSR count). The Morgan fingerprint density at radius 1 is 1.00 bits per heavy atom. The van der Waals surface area contributed by atoms with E-state index in [2.05, 4.69) is 0 Å². The number of rotatable bonds is 6. The number of benzene rings is 3. The molecule has 0 saturated heterocycles. The Balaban J connectivity index is 0.000000442. The zero-order valence-corrected chi connectivity index (χ0v) is 24.5. The second-order valence-electron chi connectivity index (χ2n) is 11.0. The molecule has 1 aliphatic heterocycles. The standard InChI is InChI=1S/C29H27ClO5.C6H8O/c1-17-23(16-34-19-10-3-2-4-11-19)26(30)25(27(31)20-12-6-7-13-21(20)29(32)33)22-15-18-9-5-8-14-24(18)35-28(17)22;7-6-4-2-1-3-5-6/h5-9,12-14,19H,2-4,10-11,15-16H2,1H3,(H,32,33);2,4H,1,3,5H2. The maximum absolute atomic E-state index is 13.9. The number of carboxylic acids is 1. The SMILES string of the molecule is Cc1c(COC2CCCCC2)c(Cl)c(C(=O)c2ccccc2C(=O)O)c2c1Oc1ccccc1C2.O=C1C=CCCC1. The fourth-order valence-electron chi connectivity index (χ4n) is 5.82. The van der Waals surface area contributed by atoms with E-state index in [1.54, 1.807) is 18.2 Å². The number of fused-ring (bicyclic) bond motifs is 2. The summed E-state index contributed by atoms with van der Waals surface area (Å²) in [5.74, 6) is 0.0475. The molecule has 3 aromatic carbocycles. The first-order valence-electron chi connectivity index (χ1n) is 14.6. The van der Waals surface area contributed by atoms with E-state index in [0.29, 0.717) is 28.3 Å². The van der Waals surface area contributed by atoms with Crippen molar-refractivity contribution in [3.05, 3.63) is 105 Å². The number of carbonyl (C=O) groups is 3.